The van der Waals surface area contributed by atoms with Crippen molar-refractivity contribution in [1.29, 1.82) is 0 Å². The highest BCUT2D eigenvalue weighted by atomic mass is 35.5. The van der Waals surface area contributed by atoms with Gasteiger partial charge in [0, 0.05) is 5.56 Å². The smallest absolute Gasteiger partial charge is 0.416 e. The Morgan fingerprint density at radius 1 is 1.12 bits per heavy atom. The maximum absolute atomic E-state index is 12.7. The number of hydrazone groups is 1. The summed E-state index contributed by atoms with van der Waals surface area (Å²) >= 11 is 5.80. The summed E-state index contributed by atoms with van der Waals surface area (Å²) in [6.45, 7) is -3.01. The van der Waals surface area contributed by atoms with E-state index in [9.17, 15) is 22.0 Å². The molecule has 24 heavy (non-hydrogen) atoms. The molecule has 0 bridgehead atoms. The SMILES string of the molecule is FC(F)Oc1ccccc1/C=N\Nc1cc(C(F)(F)F)ccc1Cl. The van der Waals surface area contributed by atoms with Crippen LogP contribution in [0.25, 0.3) is 0 Å². The van der Waals surface area contributed by atoms with Crippen LogP contribution in [0.4, 0.5) is 27.6 Å². The van der Waals surface area contributed by atoms with Crippen molar-refractivity contribution < 1.29 is 26.7 Å². The fourth-order valence-electron chi connectivity index (χ4n) is 1.75. The minimum absolute atomic E-state index is 0.0252. The van der Waals surface area contributed by atoms with Crippen LogP contribution in [0.2, 0.25) is 5.02 Å². The molecule has 1 N–H and O–H groups in total. The van der Waals surface area contributed by atoms with Crippen LogP contribution in [0.1, 0.15) is 11.1 Å². The highest BCUT2D eigenvalue weighted by Crippen LogP contribution is 2.33. The first-order valence-corrected chi connectivity index (χ1v) is 6.85. The van der Waals surface area contributed by atoms with Crippen LogP contribution in [0.15, 0.2) is 47.6 Å². The minimum Gasteiger partial charge on any atom is -0.434 e. The number of nitrogens with one attached hydrogen (secondary N) is 1. The number of rotatable bonds is 5. The van der Waals surface area contributed by atoms with Crippen LogP contribution in [0.3, 0.4) is 0 Å². The van der Waals surface area contributed by atoms with Crippen molar-refractivity contribution in [2.45, 2.75) is 12.8 Å². The first-order chi connectivity index (χ1) is 11.3. The topological polar surface area (TPSA) is 33.6 Å². The van der Waals surface area contributed by atoms with Crippen molar-refractivity contribution in [3.63, 3.8) is 0 Å². The Kier molecular flexibility index (Phi) is 5.61. The van der Waals surface area contributed by atoms with Gasteiger partial charge in [-0.3, -0.25) is 5.43 Å². The summed E-state index contributed by atoms with van der Waals surface area (Å²) in [5.74, 6) is -0.117. The fraction of sp³-hybridized carbons (Fsp3) is 0.133. The van der Waals surface area contributed by atoms with Crippen molar-refractivity contribution in [3.8, 4) is 5.75 Å². The lowest BCUT2D eigenvalue weighted by Crippen LogP contribution is -2.06. The van der Waals surface area contributed by atoms with Crippen LogP contribution >= 0.6 is 11.6 Å². The molecule has 2 aromatic rings. The van der Waals surface area contributed by atoms with Gasteiger partial charge in [0.05, 0.1) is 22.5 Å². The van der Waals surface area contributed by atoms with Gasteiger partial charge in [0.15, 0.2) is 0 Å². The van der Waals surface area contributed by atoms with Crippen molar-refractivity contribution >= 4 is 23.5 Å². The molecule has 0 saturated carbocycles. The van der Waals surface area contributed by atoms with Crippen LogP contribution in [0.5, 0.6) is 5.75 Å². The van der Waals surface area contributed by atoms with Gasteiger partial charge in [-0.15, -0.1) is 0 Å². The molecule has 0 aromatic heterocycles. The van der Waals surface area contributed by atoms with E-state index in [1.165, 1.54) is 18.2 Å². The van der Waals surface area contributed by atoms with E-state index >= 15 is 0 Å². The van der Waals surface area contributed by atoms with Gasteiger partial charge in [-0.05, 0) is 30.3 Å². The van der Waals surface area contributed by atoms with E-state index in [-0.39, 0.29) is 22.0 Å². The predicted molar refractivity (Wildman–Crippen MR) is 80.7 cm³/mol. The molecule has 2 aromatic carbocycles. The molecule has 0 amide bonds. The number of para-hydroxylation sites is 1. The maximum atomic E-state index is 12.7. The Morgan fingerprint density at radius 3 is 2.50 bits per heavy atom. The van der Waals surface area contributed by atoms with E-state index in [2.05, 4.69) is 15.3 Å². The van der Waals surface area contributed by atoms with E-state index in [1.807, 2.05) is 0 Å². The van der Waals surface area contributed by atoms with Gasteiger partial charge in [0.2, 0.25) is 0 Å². The molecule has 128 valence electrons. The van der Waals surface area contributed by atoms with Crippen molar-refractivity contribution in [1.82, 2.24) is 0 Å². The third-order valence-corrected chi connectivity index (χ3v) is 3.15. The fourth-order valence-corrected chi connectivity index (χ4v) is 1.91. The van der Waals surface area contributed by atoms with Crippen molar-refractivity contribution in [3.05, 3.63) is 58.6 Å². The summed E-state index contributed by atoms with van der Waals surface area (Å²) in [5, 5.41) is 3.74. The molecule has 0 aliphatic carbocycles. The van der Waals surface area contributed by atoms with Gasteiger partial charge >= 0.3 is 12.8 Å². The predicted octanol–water partition coefficient (Wildman–Crippen LogP) is 5.41. The Balaban J connectivity index is 2.18. The van der Waals surface area contributed by atoms with Gasteiger partial charge in [0.25, 0.3) is 0 Å². The van der Waals surface area contributed by atoms with Crippen LogP contribution in [-0.4, -0.2) is 12.8 Å². The average Bonchev–Trinajstić information content (AvgIpc) is 2.49. The molecule has 0 fully saturated rings. The zero-order valence-electron chi connectivity index (χ0n) is 11.8. The number of anilines is 1. The molecule has 0 spiro atoms. The molecule has 0 radical (unpaired) electrons. The van der Waals surface area contributed by atoms with Gasteiger partial charge in [-0.2, -0.15) is 27.1 Å². The van der Waals surface area contributed by atoms with E-state index in [0.29, 0.717) is 0 Å². The summed E-state index contributed by atoms with van der Waals surface area (Å²) in [6, 6.07) is 8.53. The molecule has 9 heteroatoms. The summed E-state index contributed by atoms with van der Waals surface area (Å²) in [7, 11) is 0. The van der Waals surface area contributed by atoms with E-state index in [0.717, 1.165) is 24.4 Å². The number of halogens is 6. The number of benzene rings is 2. The molecular formula is C15H10ClF5N2O. The Hall–Kier alpha value is -2.35. The lowest BCUT2D eigenvalue weighted by atomic mass is 10.2. The lowest BCUT2D eigenvalue weighted by Gasteiger charge is -2.10. The summed E-state index contributed by atoms with van der Waals surface area (Å²) in [5.41, 5.74) is 1.59. The lowest BCUT2D eigenvalue weighted by molar-refractivity contribution is -0.137. The number of hydrogen-bond acceptors (Lipinski definition) is 3. The second-order valence-corrected chi connectivity index (χ2v) is 4.89. The Morgan fingerprint density at radius 2 is 1.83 bits per heavy atom. The quantitative estimate of drug-likeness (QED) is 0.437. The van der Waals surface area contributed by atoms with Crippen molar-refractivity contribution in [2.75, 3.05) is 5.43 Å². The second-order valence-electron chi connectivity index (χ2n) is 4.48. The first-order valence-electron chi connectivity index (χ1n) is 6.47. The van der Waals surface area contributed by atoms with Crippen LogP contribution < -0.4 is 10.2 Å². The van der Waals surface area contributed by atoms with Gasteiger partial charge in [-0.25, -0.2) is 0 Å². The molecule has 2 rings (SSSR count). The molecule has 0 atom stereocenters. The Labute approximate surface area is 138 Å². The average molecular weight is 365 g/mol. The monoisotopic (exact) mass is 364 g/mol. The number of alkyl halides is 5. The standard InChI is InChI=1S/C15H10ClF5N2O/c16-11-6-5-10(15(19,20)21)7-12(11)23-22-8-9-3-1-2-4-13(9)24-14(17)18/h1-8,14,23H/b22-8-. The zero-order valence-corrected chi connectivity index (χ0v) is 12.6. The van der Waals surface area contributed by atoms with Crippen LogP contribution in [-0.2, 0) is 6.18 Å². The summed E-state index contributed by atoms with van der Waals surface area (Å²) < 4.78 is 66.9. The zero-order chi connectivity index (χ0) is 17.7. The second kappa shape index (κ2) is 7.48. The van der Waals surface area contributed by atoms with E-state index < -0.39 is 18.4 Å². The third kappa shape index (κ3) is 4.82. The molecule has 0 heterocycles. The summed E-state index contributed by atoms with van der Waals surface area (Å²) in [4.78, 5) is 0. The molecular weight excluding hydrogens is 355 g/mol. The van der Waals surface area contributed by atoms with Gasteiger partial charge in [0.1, 0.15) is 5.75 Å². The van der Waals surface area contributed by atoms with Crippen molar-refractivity contribution in [2.24, 2.45) is 5.10 Å². The highest BCUT2D eigenvalue weighted by Gasteiger charge is 2.30. The minimum atomic E-state index is -4.53. The number of hydrogen-bond donors (Lipinski definition) is 1. The number of ether oxygens (including phenoxy) is 1. The molecule has 0 unspecified atom stereocenters. The van der Waals surface area contributed by atoms with E-state index in [1.54, 1.807) is 6.07 Å². The van der Waals surface area contributed by atoms with Crippen LogP contribution in [0, 0.1) is 0 Å². The first kappa shape index (κ1) is 18.0. The highest BCUT2D eigenvalue weighted by molar-refractivity contribution is 6.33. The molecule has 3 nitrogen and oxygen atoms in total. The molecule has 0 saturated heterocycles. The van der Waals surface area contributed by atoms with E-state index in [4.69, 9.17) is 11.6 Å². The maximum Gasteiger partial charge on any atom is 0.416 e. The molecule has 0 aliphatic rings. The van der Waals surface area contributed by atoms with Gasteiger partial charge in [-0.1, -0.05) is 23.7 Å². The summed E-state index contributed by atoms with van der Waals surface area (Å²) in [6.07, 6.45) is -3.39. The number of nitrogens with zero attached hydrogens (tertiary/aromatic N) is 1. The van der Waals surface area contributed by atoms with Gasteiger partial charge < -0.3 is 4.74 Å². The normalized spacial score (nSPS) is 12.0. The molecule has 0 aliphatic heterocycles. The third-order valence-electron chi connectivity index (χ3n) is 2.82. The largest absolute Gasteiger partial charge is 0.434 e. The Bertz CT molecular complexity index is 734.